The predicted octanol–water partition coefficient (Wildman–Crippen LogP) is 3.62. The number of para-hydroxylation sites is 2. The summed E-state index contributed by atoms with van der Waals surface area (Å²) in [5.41, 5.74) is 1.90. The van der Waals surface area contributed by atoms with Gasteiger partial charge in [-0.3, -0.25) is 4.79 Å². The molecule has 27 heavy (non-hydrogen) atoms. The van der Waals surface area contributed by atoms with Crippen LogP contribution in [0.3, 0.4) is 0 Å². The van der Waals surface area contributed by atoms with Crippen LogP contribution in [-0.4, -0.2) is 19.9 Å². The van der Waals surface area contributed by atoms with Crippen molar-refractivity contribution in [2.45, 2.75) is 10.9 Å². The van der Waals surface area contributed by atoms with Crippen molar-refractivity contribution in [2.75, 3.05) is 0 Å². The van der Waals surface area contributed by atoms with E-state index in [1.165, 1.54) is 36.0 Å². The number of nitrogens with one attached hydrogen (secondary N) is 2. The summed E-state index contributed by atoms with van der Waals surface area (Å²) in [5, 5.41) is 9.65. The first kappa shape index (κ1) is 17.0. The highest BCUT2D eigenvalue weighted by Gasteiger charge is 2.14. The van der Waals surface area contributed by atoms with Crippen molar-refractivity contribution in [3.63, 3.8) is 0 Å². The van der Waals surface area contributed by atoms with Gasteiger partial charge in [0, 0.05) is 5.56 Å². The average Bonchev–Trinajstić information content (AvgIpc) is 3.09. The number of hydrogen-bond donors (Lipinski definition) is 2. The Balaban J connectivity index is 1.66. The Kier molecular flexibility index (Phi) is 4.44. The highest BCUT2D eigenvalue weighted by atomic mass is 32.2. The first-order valence-electron chi connectivity index (χ1n) is 8.01. The van der Waals surface area contributed by atoms with Crippen molar-refractivity contribution >= 4 is 22.8 Å². The van der Waals surface area contributed by atoms with Crippen molar-refractivity contribution in [1.82, 2.24) is 19.9 Å². The van der Waals surface area contributed by atoms with Crippen molar-refractivity contribution < 1.29 is 4.39 Å². The minimum absolute atomic E-state index is 0.102. The second kappa shape index (κ2) is 7.05. The smallest absolute Gasteiger partial charge is 0.270 e. The molecule has 0 saturated heterocycles. The maximum atomic E-state index is 13.2. The molecule has 132 valence electrons. The van der Waals surface area contributed by atoms with Gasteiger partial charge >= 0.3 is 0 Å². The minimum Gasteiger partial charge on any atom is -0.341 e. The molecule has 0 spiro atoms. The molecule has 2 N–H and O–H groups in total. The van der Waals surface area contributed by atoms with Gasteiger partial charge < -0.3 is 9.97 Å². The van der Waals surface area contributed by atoms with Crippen LogP contribution < -0.4 is 5.56 Å². The van der Waals surface area contributed by atoms with E-state index in [1.807, 2.05) is 30.3 Å². The summed E-state index contributed by atoms with van der Waals surface area (Å²) in [5.74, 6) is 0.810. The van der Waals surface area contributed by atoms with Crippen LogP contribution in [0, 0.1) is 17.1 Å². The average molecular weight is 377 g/mol. The number of nitriles is 1. The number of H-pyrrole nitrogens is 2. The Morgan fingerprint density at radius 3 is 2.59 bits per heavy atom. The van der Waals surface area contributed by atoms with Crippen LogP contribution in [0.4, 0.5) is 4.39 Å². The van der Waals surface area contributed by atoms with E-state index >= 15 is 0 Å². The lowest BCUT2D eigenvalue weighted by molar-refractivity contribution is 0.628. The molecule has 2 aromatic heterocycles. The molecule has 0 amide bonds. The van der Waals surface area contributed by atoms with E-state index < -0.39 is 11.4 Å². The molecule has 0 aliphatic rings. The van der Waals surface area contributed by atoms with Crippen LogP contribution in [0.15, 0.2) is 58.5 Å². The highest BCUT2D eigenvalue weighted by molar-refractivity contribution is 7.98. The zero-order chi connectivity index (χ0) is 18.8. The Labute approximate surface area is 157 Å². The topological polar surface area (TPSA) is 98.2 Å². The number of nitrogens with zero attached hydrogens (tertiary/aromatic N) is 3. The summed E-state index contributed by atoms with van der Waals surface area (Å²) in [4.78, 5) is 27.0. The highest BCUT2D eigenvalue weighted by Crippen LogP contribution is 2.24. The summed E-state index contributed by atoms with van der Waals surface area (Å²) >= 11 is 1.29. The predicted molar refractivity (Wildman–Crippen MR) is 101 cm³/mol. The summed E-state index contributed by atoms with van der Waals surface area (Å²) < 4.78 is 13.2. The lowest BCUT2D eigenvalue weighted by atomic mass is 10.1. The van der Waals surface area contributed by atoms with Crippen LogP contribution in [0.5, 0.6) is 0 Å². The fraction of sp³-hybridized carbons (Fsp3) is 0.0526. The Morgan fingerprint density at radius 2 is 1.85 bits per heavy atom. The number of thioether (sulfide) groups is 1. The third kappa shape index (κ3) is 3.45. The van der Waals surface area contributed by atoms with Gasteiger partial charge in [0.05, 0.1) is 22.5 Å². The standard InChI is InChI=1S/C19H12FN5OS/c20-12-7-5-11(6-8-12)17-13(9-21)18(26)25-19(24-17)27-10-16-22-14-3-1-2-4-15(14)23-16/h1-8H,10H2,(H,22,23)(H,24,25,26). The van der Waals surface area contributed by atoms with Crippen LogP contribution in [0.1, 0.15) is 11.4 Å². The quantitative estimate of drug-likeness (QED) is 0.418. The number of halogens is 1. The van der Waals surface area contributed by atoms with Gasteiger partial charge in [-0.05, 0) is 36.4 Å². The minimum atomic E-state index is -0.529. The van der Waals surface area contributed by atoms with Gasteiger partial charge in [-0.2, -0.15) is 5.26 Å². The number of rotatable bonds is 4. The maximum absolute atomic E-state index is 13.2. The third-order valence-corrected chi connectivity index (χ3v) is 4.80. The van der Waals surface area contributed by atoms with Crippen LogP contribution in [-0.2, 0) is 5.75 Å². The van der Waals surface area contributed by atoms with Gasteiger partial charge in [0.1, 0.15) is 23.3 Å². The molecule has 0 unspecified atom stereocenters. The molecular formula is C19H12FN5OS. The van der Waals surface area contributed by atoms with Crippen molar-refractivity contribution in [3.8, 4) is 17.3 Å². The lowest BCUT2D eigenvalue weighted by Gasteiger charge is -2.06. The molecule has 0 aliphatic heterocycles. The molecule has 0 bridgehead atoms. The molecule has 2 aromatic carbocycles. The summed E-state index contributed by atoms with van der Waals surface area (Å²) in [6.45, 7) is 0. The van der Waals surface area contributed by atoms with Gasteiger partial charge in [0.2, 0.25) is 0 Å². The molecule has 0 radical (unpaired) electrons. The number of aromatic amines is 2. The second-order valence-electron chi connectivity index (χ2n) is 5.70. The molecule has 0 fully saturated rings. The molecular weight excluding hydrogens is 365 g/mol. The molecule has 0 saturated carbocycles. The van der Waals surface area contributed by atoms with Gasteiger partial charge in [0.25, 0.3) is 5.56 Å². The Bertz CT molecular complexity index is 1190. The number of imidazole rings is 1. The number of hydrogen-bond acceptors (Lipinski definition) is 5. The fourth-order valence-corrected chi connectivity index (χ4v) is 3.38. The van der Waals surface area contributed by atoms with E-state index in [0.29, 0.717) is 16.5 Å². The van der Waals surface area contributed by atoms with Crippen molar-refractivity contribution in [1.29, 1.82) is 5.26 Å². The van der Waals surface area contributed by atoms with Crippen LogP contribution >= 0.6 is 11.8 Å². The van der Waals surface area contributed by atoms with E-state index in [0.717, 1.165) is 16.9 Å². The first-order chi connectivity index (χ1) is 13.1. The Morgan fingerprint density at radius 1 is 1.07 bits per heavy atom. The largest absolute Gasteiger partial charge is 0.341 e. The fourth-order valence-electron chi connectivity index (χ4n) is 2.65. The zero-order valence-corrected chi connectivity index (χ0v) is 14.7. The number of aromatic nitrogens is 4. The zero-order valence-electron chi connectivity index (χ0n) is 13.9. The van der Waals surface area contributed by atoms with Gasteiger partial charge in [-0.1, -0.05) is 23.9 Å². The van der Waals surface area contributed by atoms with Gasteiger partial charge in [0.15, 0.2) is 5.16 Å². The number of benzene rings is 2. The number of fused-ring (bicyclic) bond motifs is 1. The van der Waals surface area contributed by atoms with E-state index in [2.05, 4.69) is 19.9 Å². The monoisotopic (exact) mass is 377 g/mol. The SMILES string of the molecule is N#Cc1c(-c2ccc(F)cc2)nc(SCc2nc3ccccc3[nH]2)[nH]c1=O. The van der Waals surface area contributed by atoms with Crippen LogP contribution in [0.2, 0.25) is 0 Å². The second-order valence-corrected chi connectivity index (χ2v) is 6.67. The van der Waals surface area contributed by atoms with Crippen LogP contribution in [0.25, 0.3) is 22.3 Å². The third-order valence-electron chi connectivity index (χ3n) is 3.91. The van der Waals surface area contributed by atoms with Gasteiger partial charge in [-0.25, -0.2) is 14.4 Å². The molecule has 0 aliphatic carbocycles. The van der Waals surface area contributed by atoms with Crippen molar-refractivity contribution in [2.24, 2.45) is 0 Å². The van der Waals surface area contributed by atoms with Gasteiger partial charge in [-0.15, -0.1) is 0 Å². The summed E-state index contributed by atoms with van der Waals surface area (Å²) in [7, 11) is 0. The summed E-state index contributed by atoms with van der Waals surface area (Å²) in [6, 6.07) is 15.1. The van der Waals surface area contributed by atoms with E-state index in [9.17, 15) is 14.4 Å². The first-order valence-corrected chi connectivity index (χ1v) is 8.99. The molecule has 4 aromatic rings. The van der Waals surface area contributed by atoms with Crippen molar-refractivity contribution in [3.05, 3.63) is 76.1 Å². The molecule has 8 heteroatoms. The Hall–Kier alpha value is -3.44. The lowest BCUT2D eigenvalue weighted by Crippen LogP contribution is -2.14. The molecule has 6 nitrogen and oxygen atoms in total. The van der Waals surface area contributed by atoms with E-state index in [1.54, 1.807) is 0 Å². The normalized spacial score (nSPS) is 10.8. The van der Waals surface area contributed by atoms with E-state index in [-0.39, 0.29) is 11.3 Å². The molecule has 2 heterocycles. The molecule has 0 atom stereocenters. The van der Waals surface area contributed by atoms with E-state index in [4.69, 9.17) is 0 Å². The summed E-state index contributed by atoms with van der Waals surface area (Å²) in [6.07, 6.45) is 0. The molecule has 4 rings (SSSR count). The maximum Gasteiger partial charge on any atom is 0.270 e.